The number of nitrogens with one attached hydrogen (secondary N) is 1. The molecule has 2 aromatic heterocycles. The van der Waals surface area contributed by atoms with Gasteiger partial charge in [0.15, 0.2) is 5.60 Å². The molecule has 0 saturated carbocycles. The van der Waals surface area contributed by atoms with E-state index in [-0.39, 0.29) is 5.91 Å². The third-order valence-corrected chi connectivity index (χ3v) is 6.93. The van der Waals surface area contributed by atoms with Gasteiger partial charge in [-0.15, -0.1) is 0 Å². The van der Waals surface area contributed by atoms with Crippen LogP contribution in [-0.2, 0) is 17.8 Å². The van der Waals surface area contributed by atoms with E-state index in [1.165, 1.54) is 0 Å². The highest BCUT2D eigenvalue weighted by Crippen LogP contribution is 2.44. The Morgan fingerprint density at radius 3 is 2.60 bits per heavy atom. The minimum absolute atomic E-state index is 0.160. The van der Waals surface area contributed by atoms with Gasteiger partial charge < -0.3 is 14.8 Å². The third kappa shape index (κ3) is 4.32. The van der Waals surface area contributed by atoms with E-state index in [0.717, 1.165) is 56.8 Å². The summed E-state index contributed by atoms with van der Waals surface area (Å²) < 4.78 is 12.7. The van der Waals surface area contributed by atoms with Crippen LogP contribution in [0.3, 0.4) is 0 Å². The van der Waals surface area contributed by atoms with Crippen molar-refractivity contribution in [3.05, 3.63) is 88.9 Å². The van der Waals surface area contributed by atoms with Gasteiger partial charge in [0.2, 0.25) is 0 Å². The number of hydrogen-bond acceptors (Lipinski definition) is 5. The second-order valence-electron chi connectivity index (χ2n) is 9.32. The SMILES string of the molecule is Cc1c(C)c2c(c(C)c1OCc1ccc3ccccc3n1)CCC(C)(C(=O)Nc1ccncc1)O2. The Hall–Kier alpha value is -3.93. The predicted octanol–water partition coefficient (Wildman–Crippen LogP) is 5.86. The van der Waals surface area contributed by atoms with Crippen molar-refractivity contribution in [3.63, 3.8) is 0 Å². The van der Waals surface area contributed by atoms with E-state index in [2.05, 4.69) is 29.4 Å². The van der Waals surface area contributed by atoms with Crippen LogP contribution in [0.4, 0.5) is 5.69 Å². The molecule has 1 amide bonds. The number of ether oxygens (including phenoxy) is 2. The third-order valence-electron chi connectivity index (χ3n) is 6.93. The van der Waals surface area contributed by atoms with Crippen LogP contribution in [-0.4, -0.2) is 21.5 Å². The summed E-state index contributed by atoms with van der Waals surface area (Å²) in [6, 6.07) is 15.7. The second kappa shape index (κ2) is 9.02. The molecule has 0 bridgehead atoms. The quantitative estimate of drug-likeness (QED) is 0.398. The first kappa shape index (κ1) is 22.8. The molecule has 0 saturated heterocycles. The minimum atomic E-state index is -0.961. The highest BCUT2D eigenvalue weighted by Gasteiger charge is 2.41. The van der Waals surface area contributed by atoms with Gasteiger partial charge in [-0.2, -0.15) is 0 Å². The van der Waals surface area contributed by atoms with Gasteiger partial charge >= 0.3 is 0 Å². The number of rotatable bonds is 5. The van der Waals surface area contributed by atoms with Crippen molar-refractivity contribution >= 4 is 22.5 Å². The van der Waals surface area contributed by atoms with E-state index in [9.17, 15) is 4.79 Å². The first-order valence-electron chi connectivity index (χ1n) is 11.9. The molecule has 4 aromatic rings. The lowest BCUT2D eigenvalue weighted by Crippen LogP contribution is -2.48. The van der Waals surface area contributed by atoms with Gasteiger partial charge in [-0.05, 0) is 75.1 Å². The Morgan fingerprint density at radius 1 is 1.03 bits per heavy atom. The highest BCUT2D eigenvalue weighted by atomic mass is 16.5. The number of para-hydroxylation sites is 1. The fourth-order valence-corrected chi connectivity index (χ4v) is 4.64. The average Bonchev–Trinajstić information content (AvgIpc) is 2.88. The number of nitrogens with zero attached hydrogens (tertiary/aromatic N) is 2. The van der Waals surface area contributed by atoms with Crippen LogP contribution >= 0.6 is 0 Å². The van der Waals surface area contributed by atoms with Gasteiger partial charge in [-0.25, -0.2) is 4.98 Å². The molecule has 3 heterocycles. The molecule has 0 aliphatic carbocycles. The summed E-state index contributed by atoms with van der Waals surface area (Å²) in [5.41, 5.74) is 5.75. The largest absolute Gasteiger partial charge is 0.487 e. The molecule has 178 valence electrons. The van der Waals surface area contributed by atoms with Crippen LogP contribution in [0.1, 0.15) is 41.3 Å². The predicted molar refractivity (Wildman–Crippen MR) is 137 cm³/mol. The zero-order valence-electron chi connectivity index (χ0n) is 20.5. The Kier molecular flexibility index (Phi) is 5.89. The maximum absolute atomic E-state index is 13.1. The molecule has 1 unspecified atom stereocenters. The Bertz CT molecular complexity index is 1420. The zero-order chi connectivity index (χ0) is 24.6. The fourth-order valence-electron chi connectivity index (χ4n) is 4.64. The van der Waals surface area contributed by atoms with Gasteiger partial charge in [0.25, 0.3) is 5.91 Å². The molecule has 0 radical (unpaired) electrons. The highest BCUT2D eigenvalue weighted by molar-refractivity contribution is 5.97. The Balaban J connectivity index is 1.38. The summed E-state index contributed by atoms with van der Waals surface area (Å²) in [5.74, 6) is 1.49. The van der Waals surface area contributed by atoms with Crippen molar-refractivity contribution in [2.24, 2.45) is 0 Å². The van der Waals surface area contributed by atoms with Crippen LogP contribution in [0.5, 0.6) is 11.5 Å². The smallest absolute Gasteiger partial charge is 0.268 e. The van der Waals surface area contributed by atoms with Crippen LogP contribution in [0.2, 0.25) is 0 Å². The van der Waals surface area contributed by atoms with Gasteiger partial charge in [0, 0.05) is 35.5 Å². The Labute approximate surface area is 205 Å². The summed E-state index contributed by atoms with van der Waals surface area (Å²) in [6.07, 6.45) is 4.61. The van der Waals surface area contributed by atoms with Crippen LogP contribution in [0, 0.1) is 20.8 Å². The number of pyridine rings is 2. The number of aromatic nitrogens is 2. The summed E-state index contributed by atoms with van der Waals surface area (Å²) >= 11 is 0. The number of hydrogen-bond donors (Lipinski definition) is 1. The van der Waals surface area contributed by atoms with Gasteiger partial charge in [0.1, 0.15) is 18.1 Å². The first-order chi connectivity index (χ1) is 16.9. The van der Waals surface area contributed by atoms with Gasteiger partial charge in [-0.1, -0.05) is 24.3 Å². The molecule has 2 aromatic carbocycles. The average molecular weight is 468 g/mol. The standard InChI is InChI=1S/C29H29N3O3/c1-18-19(2)27-24(11-14-29(4,35-27)28(33)32-22-12-15-30-16-13-22)20(3)26(18)34-17-23-10-9-21-7-5-6-8-25(21)31-23/h5-10,12-13,15-16H,11,14,17H2,1-4H3,(H,30,32,33). The molecule has 6 heteroatoms. The lowest BCUT2D eigenvalue weighted by Gasteiger charge is -2.37. The monoisotopic (exact) mass is 467 g/mol. The number of benzene rings is 2. The number of carbonyl (C=O) groups excluding carboxylic acids is 1. The number of carbonyl (C=O) groups is 1. The molecule has 0 fully saturated rings. The maximum atomic E-state index is 13.1. The van der Waals surface area contributed by atoms with Crippen LogP contribution < -0.4 is 14.8 Å². The second-order valence-corrected chi connectivity index (χ2v) is 9.32. The molecule has 1 aliphatic rings. The number of amides is 1. The van der Waals surface area contributed by atoms with Crippen molar-refractivity contribution in [2.75, 3.05) is 5.32 Å². The molecule has 35 heavy (non-hydrogen) atoms. The molecule has 5 rings (SSSR count). The van der Waals surface area contributed by atoms with Crippen molar-refractivity contribution in [3.8, 4) is 11.5 Å². The normalized spacial score (nSPS) is 16.9. The van der Waals surface area contributed by atoms with Crippen molar-refractivity contribution in [2.45, 2.75) is 52.7 Å². The number of fused-ring (bicyclic) bond motifs is 2. The lowest BCUT2D eigenvalue weighted by atomic mass is 9.86. The van der Waals surface area contributed by atoms with Crippen molar-refractivity contribution in [1.82, 2.24) is 9.97 Å². The van der Waals surface area contributed by atoms with E-state index >= 15 is 0 Å². The number of anilines is 1. The topological polar surface area (TPSA) is 73.3 Å². The van der Waals surface area contributed by atoms with Crippen molar-refractivity contribution in [1.29, 1.82) is 0 Å². The van der Waals surface area contributed by atoms with Gasteiger partial charge in [0.05, 0.1) is 11.2 Å². The van der Waals surface area contributed by atoms with Crippen LogP contribution in [0.15, 0.2) is 60.9 Å². The van der Waals surface area contributed by atoms with E-state index in [4.69, 9.17) is 14.5 Å². The Morgan fingerprint density at radius 2 is 1.80 bits per heavy atom. The molecular weight excluding hydrogens is 438 g/mol. The summed E-state index contributed by atoms with van der Waals surface area (Å²) in [6.45, 7) is 8.38. The van der Waals surface area contributed by atoms with Crippen molar-refractivity contribution < 1.29 is 14.3 Å². The first-order valence-corrected chi connectivity index (χ1v) is 11.9. The summed E-state index contributed by atoms with van der Waals surface area (Å²) in [5, 5.41) is 4.07. The summed E-state index contributed by atoms with van der Waals surface area (Å²) in [4.78, 5) is 21.8. The molecular formula is C29H29N3O3. The molecule has 0 spiro atoms. The molecule has 1 aliphatic heterocycles. The molecule has 1 atom stereocenters. The van der Waals surface area contributed by atoms with E-state index in [1.54, 1.807) is 24.5 Å². The zero-order valence-corrected chi connectivity index (χ0v) is 20.5. The lowest BCUT2D eigenvalue weighted by molar-refractivity contribution is -0.131. The van der Waals surface area contributed by atoms with Gasteiger partial charge in [-0.3, -0.25) is 9.78 Å². The van der Waals surface area contributed by atoms with E-state index in [0.29, 0.717) is 18.7 Å². The van der Waals surface area contributed by atoms with E-state index in [1.807, 2.05) is 45.0 Å². The maximum Gasteiger partial charge on any atom is 0.268 e. The molecule has 1 N–H and O–H groups in total. The molecule has 6 nitrogen and oxygen atoms in total. The van der Waals surface area contributed by atoms with E-state index < -0.39 is 5.60 Å². The summed E-state index contributed by atoms with van der Waals surface area (Å²) in [7, 11) is 0. The fraction of sp³-hybridized carbons (Fsp3) is 0.276. The minimum Gasteiger partial charge on any atom is -0.487 e. The van der Waals surface area contributed by atoms with Crippen LogP contribution in [0.25, 0.3) is 10.9 Å².